The molecule has 0 amide bonds. The van der Waals surface area contributed by atoms with Crippen LogP contribution in [0, 0.1) is 16.0 Å². The predicted molar refractivity (Wildman–Crippen MR) is 79.8 cm³/mol. The number of rotatable bonds is 7. The third-order valence-electron chi connectivity index (χ3n) is 3.44. The van der Waals surface area contributed by atoms with Gasteiger partial charge < -0.3 is 5.32 Å². The summed E-state index contributed by atoms with van der Waals surface area (Å²) in [5.74, 6) is 0.380. The molecule has 0 radical (unpaired) electrons. The molecule has 1 fully saturated rings. The number of sulfonamides is 1. The van der Waals surface area contributed by atoms with Crippen LogP contribution in [0.5, 0.6) is 0 Å². The first-order chi connectivity index (χ1) is 9.86. The van der Waals surface area contributed by atoms with Crippen molar-refractivity contribution in [2.24, 2.45) is 5.92 Å². The molecule has 2 rings (SSSR count). The van der Waals surface area contributed by atoms with Gasteiger partial charge in [-0.15, -0.1) is 0 Å². The lowest BCUT2D eigenvalue weighted by Gasteiger charge is -2.17. The molecule has 0 bridgehead atoms. The van der Waals surface area contributed by atoms with Gasteiger partial charge in [-0.1, -0.05) is 0 Å². The third-order valence-corrected chi connectivity index (χ3v) is 5.31. The van der Waals surface area contributed by atoms with Gasteiger partial charge in [0.1, 0.15) is 0 Å². The maximum atomic E-state index is 12.5. The van der Waals surface area contributed by atoms with Gasteiger partial charge in [0.05, 0.1) is 4.92 Å². The second kappa shape index (κ2) is 5.98. The Morgan fingerprint density at radius 2 is 2.10 bits per heavy atom. The van der Waals surface area contributed by atoms with Crippen molar-refractivity contribution in [3.05, 3.63) is 28.3 Å². The standard InChI is InChI=1S/C13H19N3O4S/c1-3-14-11-6-7-13(12(8-11)16(17)18)21(19,20)15(2)9-10-4-5-10/h6-8,10,14H,3-5,9H2,1-2H3. The number of nitro groups is 1. The summed E-state index contributed by atoms with van der Waals surface area (Å²) in [6, 6.07) is 4.12. The summed E-state index contributed by atoms with van der Waals surface area (Å²) < 4.78 is 26.2. The van der Waals surface area contributed by atoms with E-state index in [4.69, 9.17) is 0 Å². The van der Waals surface area contributed by atoms with E-state index in [2.05, 4.69) is 5.32 Å². The number of nitro benzene ring substituents is 1. The Bertz CT molecular complexity index is 641. The van der Waals surface area contributed by atoms with Crippen molar-refractivity contribution in [2.75, 3.05) is 25.5 Å². The van der Waals surface area contributed by atoms with Crippen LogP contribution < -0.4 is 5.32 Å². The maximum absolute atomic E-state index is 12.5. The van der Waals surface area contributed by atoms with Crippen molar-refractivity contribution >= 4 is 21.4 Å². The largest absolute Gasteiger partial charge is 0.385 e. The van der Waals surface area contributed by atoms with Crippen LogP contribution in [-0.4, -0.2) is 37.8 Å². The fourth-order valence-corrected chi connectivity index (χ4v) is 3.50. The summed E-state index contributed by atoms with van der Waals surface area (Å²) in [5, 5.41) is 14.1. The molecule has 0 aromatic heterocycles. The second-order valence-corrected chi connectivity index (χ2v) is 7.21. The van der Waals surface area contributed by atoms with E-state index in [1.165, 1.54) is 23.5 Å². The van der Waals surface area contributed by atoms with Gasteiger partial charge in [-0.2, -0.15) is 0 Å². The SMILES string of the molecule is CCNc1ccc(S(=O)(=O)N(C)CC2CC2)c([N+](=O)[O-])c1. The number of anilines is 1. The normalized spacial score (nSPS) is 15.2. The van der Waals surface area contributed by atoms with E-state index < -0.39 is 20.6 Å². The third kappa shape index (κ3) is 3.51. The molecule has 0 saturated heterocycles. The van der Waals surface area contributed by atoms with Crippen LogP contribution in [0.3, 0.4) is 0 Å². The van der Waals surface area contributed by atoms with Crippen molar-refractivity contribution in [1.82, 2.24) is 4.31 Å². The molecule has 0 spiro atoms. The van der Waals surface area contributed by atoms with Crippen molar-refractivity contribution < 1.29 is 13.3 Å². The molecule has 1 aromatic rings. The Morgan fingerprint density at radius 3 is 2.62 bits per heavy atom. The molecule has 0 unspecified atom stereocenters. The second-order valence-electron chi connectivity index (χ2n) is 5.20. The first kappa shape index (κ1) is 15.7. The number of hydrogen-bond donors (Lipinski definition) is 1. The highest BCUT2D eigenvalue weighted by Gasteiger charge is 2.33. The highest BCUT2D eigenvalue weighted by Crippen LogP contribution is 2.33. The van der Waals surface area contributed by atoms with Crippen LogP contribution in [0.15, 0.2) is 23.1 Å². The van der Waals surface area contributed by atoms with Crippen LogP contribution in [-0.2, 0) is 10.0 Å². The summed E-state index contributed by atoms with van der Waals surface area (Å²) in [6.07, 6.45) is 2.03. The fourth-order valence-electron chi connectivity index (χ4n) is 2.12. The van der Waals surface area contributed by atoms with Gasteiger partial charge >= 0.3 is 0 Å². The molecular weight excluding hydrogens is 294 g/mol. The predicted octanol–water partition coefficient (Wildman–Crippen LogP) is 2.06. The Balaban J connectivity index is 2.38. The Hall–Kier alpha value is -1.67. The molecule has 1 N–H and O–H groups in total. The van der Waals surface area contributed by atoms with Gasteiger partial charge in [0.25, 0.3) is 5.69 Å². The number of nitrogens with one attached hydrogen (secondary N) is 1. The van der Waals surface area contributed by atoms with Gasteiger partial charge in [-0.05, 0) is 37.8 Å². The van der Waals surface area contributed by atoms with Crippen LogP contribution in [0.25, 0.3) is 0 Å². The lowest BCUT2D eigenvalue weighted by Crippen LogP contribution is -2.29. The monoisotopic (exact) mass is 313 g/mol. The molecule has 21 heavy (non-hydrogen) atoms. The zero-order valence-electron chi connectivity index (χ0n) is 12.1. The van der Waals surface area contributed by atoms with Gasteiger partial charge in [-0.3, -0.25) is 10.1 Å². The van der Waals surface area contributed by atoms with Crippen LogP contribution in [0.2, 0.25) is 0 Å². The van der Waals surface area contributed by atoms with Crippen molar-refractivity contribution in [2.45, 2.75) is 24.7 Å². The summed E-state index contributed by atoms with van der Waals surface area (Å²) in [4.78, 5) is 10.3. The molecule has 1 saturated carbocycles. The minimum Gasteiger partial charge on any atom is -0.385 e. The first-order valence-corrected chi connectivity index (χ1v) is 8.29. The highest BCUT2D eigenvalue weighted by molar-refractivity contribution is 7.89. The molecule has 1 aliphatic rings. The zero-order valence-corrected chi connectivity index (χ0v) is 12.9. The smallest absolute Gasteiger partial charge is 0.291 e. The molecule has 116 valence electrons. The van der Waals surface area contributed by atoms with E-state index in [1.807, 2.05) is 6.92 Å². The summed E-state index contributed by atoms with van der Waals surface area (Å²) >= 11 is 0. The molecule has 1 aliphatic carbocycles. The summed E-state index contributed by atoms with van der Waals surface area (Å²) in [7, 11) is -2.37. The minimum absolute atomic E-state index is 0.252. The van der Waals surface area contributed by atoms with E-state index in [0.29, 0.717) is 24.7 Å². The Labute approximate surface area is 124 Å². The van der Waals surface area contributed by atoms with Crippen molar-refractivity contribution in [3.63, 3.8) is 0 Å². The molecule has 0 heterocycles. The van der Waals surface area contributed by atoms with Gasteiger partial charge in [0.15, 0.2) is 4.90 Å². The van der Waals surface area contributed by atoms with E-state index in [1.54, 1.807) is 6.07 Å². The average molecular weight is 313 g/mol. The van der Waals surface area contributed by atoms with Crippen LogP contribution in [0.4, 0.5) is 11.4 Å². The topological polar surface area (TPSA) is 92.6 Å². The molecule has 7 nitrogen and oxygen atoms in total. The average Bonchev–Trinajstić information content (AvgIpc) is 3.22. The lowest BCUT2D eigenvalue weighted by atomic mass is 10.3. The zero-order chi connectivity index (χ0) is 15.6. The van der Waals surface area contributed by atoms with E-state index in [9.17, 15) is 18.5 Å². The molecule has 8 heteroatoms. The number of hydrogen-bond acceptors (Lipinski definition) is 5. The minimum atomic E-state index is -3.84. The van der Waals surface area contributed by atoms with Gasteiger partial charge in [-0.25, -0.2) is 12.7 Å². The molecular formula is C13H19N3O4S. The summed E-state index contributed by atoms with van der Waals surface area (Å²) in [6.45, 7) is 2.87. The Kier molecular flexibility index (Phi) is 4.48. The fraction of sp³-hybridized carbons (Fsp3) is 0.538. The van der Waals surface area contributed by atoms with Gasteiger partial charge in [0, 0.05) is 31.9 Å². The highest BCUT2D eigenvalue weighted by atomic mass is 32.2. The number of nitrogens with zero attached hydrogens (tertiary/aromatic N) is 2. The van der Waals surface area contributed by atoms with E-state index >= 15 is 0 Å². The molecule has 1 aromatic carbocycles. The maximum Gasteiger partial charge on any atom is 0.291 e. The first-order valence-electron chi connectivity index (χ1n) is 6.85. The van der Waals surface area contributed by atoms with Gasteiger partial charge in [0.2, 0.25) is 10.0 Å². The molecule has 0 atom stereocenters. The Morgan fingerprint density at radius 1 is 1.43 bits per heavy atom. The molecule has 0 aliphatic heterocycles. The van der Waals surface area contributed by atoms with Crippen molar-refractivity contribution in [1.29, 1.82) is 0 Å². The van der Waals surface area contributed by atoms with E-state index in [-0.39, 0.29) is 4.90 Å². The quantitative estimate of drug-likeness (QED) is 0.614. The van der Waals surface area contributed by atoms with Crippen molar-refractivity contribution in [3.8, 4) is 0 Å². The van der Waals surface area contributed by atoms with E-state index in [0.717, 1.165) is 12.8 Å². The number of benzene rings is 1. The van der Waals surface area contributed by atoms with Crippen LogP contribution >= 0.6 is 0 Å². The lowest BCUT2D eigenvalue weighted by molar-refractivity contribution is -0.387. The summed E-state index contributed by atoms with van der Waals surface area (Å²) in [5.41, 5.74) is 0.143. The van der Waals surface area contributed by atoms with Crippen LogP contribution in [0.1, 0.15) is 19.8 Å².